The van der Waals surface area contributed by atoms with Gasteiger partial charge in [-0.3, -0.25) is 4.98 Å². The lowest BCUT2D eigenvalue weighted by Crippen LogP contribution is -2.17. The average Bonchev–Trinajstić information content (AvgIpc) is 2.61. The summed E-state index contributed by atoms with van der Waals surface area (Å²) in [6, 6.07) is 1.63. The number of imidazole rings is 1. The van der Waals surface area contributed by atoms with E-state index in [0.717, 1.165) is 16.9 Å². The number of hydrogen-bond donors (Lipinski definition) is 2. The molecular weight excluding hydrogens is 180 g/mol. The van der Waals surface area contributed by atoms with Crippen LogP contribution in [0.4, 0.5) is 0 Å². The topological polar surface area (TPSA) is 76.8 Å². The van der Waals surface area contributed by atoms with E-state index < -0.39 is 0 Å². The molecule has 1 atom stereocenters. The molecule has 0 saturated carbocycles. The van der Waals surface area contributed by atoms with E-state index in [-0.39, 0.29) is 6.04 Å². The zero-order valence-electron chi connectivity index (χ0n) is 7.90. The molecule has 0 aromatic carbocycles. The lowest BCUT2D eigenvalue weighted by molar-refractivity contribution is 0.178. The minimum atomic E-state index is -0.215. The maximum atomic E-state index is 5.83. The monoisotopic (exact) mass is 192 g/mol. The highest BCUT2D eigenvalue weighted by Crippen LogP contribution is 2.13. The average molecular weight is 192 g/mol. The Morgan fingerprint density at radius 3 is 3.21 bits per heavy atom. The highest BCUT2D eigenvalue weighted by atomic mass is 16.5. The molecule has 5 nitrogen and oxygen atoms in total. The summed E-state index contributed by atoms with van der Waals surface area (Å²) >= 11 is 0. The fourth-order valence-corrected chi connectivity index (χ4v) is 1.31. The minimum Gasteiger partial charge on any atom is -0.383 e. The second-order valence-corrected chi connectivity index (χ2v) is 3.08. The normalized spacial score (nSPS) is 13.3. The number of ether oxygens (including phenoxy) is 1. The first kappa shape index (κ1) is 9.11. The molecule has 0 amide bonds. The van der Waals surface area contributed by atoms with Gasteiger partial charge in [0.2, 0.25) is 0 Å². The smallest absolute Gasteiger partial charge is 0.126 e. The van der Waals surface area contributed by atoms with Gasteiger partial charge in [0.1, 0.15) is 5.82 Å². The maximum Gasteiger partial charge on any atom is 0.126 e. The zero-order valence-corrected chi connectivity index (χ0v) is 7.90. The molecule has 2 heterocycles. The van der Waals surface area contributed by atoms with Crippen molar-refractivity contribution in [3.63, 3.8) is 0 Å². The standard InChI is InChI=1S/C9H12N4O/c1-14-5-6(10)9-12-7-2-3-11-4-8(7)13-9/h2-4,6H,5,10H2,1H3,(H,12,13). The highest BCUT2D eigenvalue weighted by Gasteiger charge is 2.10. The molecule has 0 fully saturated rings. The summed E-state index contributed by atoms with van der Waals surface area (Å²) in [5.41, 5.74) is 7.60. The van der Waals surface area contributed by atoms with Crippen LogP contribution >= 0.6 is 0 Å². The van der Waals surface area contributed by atoms with Gasteiger partial charge in [0, 0.05) is 13.3 Å². The van der Waals surface area contributed by atoms with Crippen molar-refractivity contribution < 1.29 is 4.74 Å². The van der Waals surface area contributed by atoms with Crippen LogP contribution < -0.4 is 5.73 Å². The third-order valence-electron chi connectivity index (χ3n) is 2.00. The van der Waals surface area contributed by atoms with Gasteiger partial charge in [-0.15, -0.1) is 0 Å². The Bertz CT molecular complexity index is 392. The van der Waals surface area contributed by atoms with Crippen LogP contribution in [0.5, 0.6) is 0 Å². The van der Waals surface area contributed by atoms with Crippen LogP contribution in [-0.2, 0) is 4.74 Å². The van der Waals surface area contributed by atoms with Crippen molar-refractivity contribution >= 4 is 11.0 Å². The first-order chi connectivity index (χ1) is 6.81. The molecule has 0 aliphatic heterocycles. The van der Waals surface area contributed by atoms with Gasteiger partial charge in [0.05, 0.1) is 29.9 Å². The zero-order chi connectivity index (χ0) is 9.97. The molecule has 3 N–H and O–H groups in total. The molecule has 5 heteroatoms. The van der Waals surface area contributed by atoms with Crippen molar-refractivity contribution in [2.45, 2.75) is 6.04 Å². The number of aromatic amines is 1. The summed E-state index contributed by atoms with van der Waals surface area (Å²) < 4.78 is 4.95. The lowest BCUT2D eigenvalue weighted by atomic mass is 10.3. The summed E-state index contributed by atoms with van der Waals surface area (Å²) in [5, 5.41) is 0. The Kier molecular flexibility index (Phi) is 2.43. The molecule has 14 heavy (non-hydrogen) atoms. The van der Waals surface area contributed by atoms with Crippen molar-refractivity contribution in [2.75, 3.05) is 13.7 Å². The Morgan fingerprint density at radius 1 is 1.64 bits per heavy atom. The molecule has 0 saturated heterocycles. The lowest BCUT2D eigenvalue weighted by Gasteiger charge is -2.05. The van der Waals surface area contributed by atoms with Gasteiger partial charge in [-0.2, -0.15) is 0 Å². The molecule has 74 valence electrons. The molecular formula is C9H12N4O. The van der Waals surface area contributed by atoms with E-state index in [1.165, 1.54) is 0 Å². The number of nitrogens with two attached hydrogens (primary N) is 1. The maximum absolute atomic E-state index is 5.83. The predicted octanol–water partition coefficient (Wildman–Crippen LogP) is 0.604. The van der Waals surface area contributed by atoms with Crippen LogP contribution in [0.15, 0.2) is 18.5 Å². The molecule has 2 aromatic rings. The van der Waals surface area contributed by atoms with E-state index in [0.29, 0.717) is 6.61 Å². The van der Waals surface area contributed by atoms with Gasteiger partial charge in [0.15, 0.2) is 0 Å². The Labute approximate surface area is 81.3 Å². The Morgan fingerprint density at radius 2 is 2.50 bits per heavy atom. The Balaban J connectivity index is 2.35. The van der Waals surface area contributed by atoms with Crippen LogP contribution in [0, 0.1) is 0 Å². The van der Waals surface area contributed by atoms with Crippen molar-refractivity contribution in [3.05, 3.63) is 24.3 Å². The van der Waals surface area contributed by atoms with Crippen LogP contribution in [0.25, 0.3) is 11.0 Å². The third-order valence-corrected chi connectivity index (χ3v) is 2.00. The first-order valence-electron chi connectivity index (χ1n) is 4.35. The van der Waals surface area contributed by atoms with E-state index in [9.17, 15) is 0 Å². The number of methoxy groups -OCH3 is 1. The van der Waals surface area contributed by atoms with E-state index in [2.05, 4.69) is 15.0 Å². The molecule has 2 aromatic heterocycles. The van der Waals surface area contributed by atoms with Crippen LogP contribution in [0.1, 0.15) is 11.9 Å². The summed E-state index contributed by atoms with van der Waals surface area (Å²) in [6.45, 7) is 0.452. The summed E-state index contributed by atoms with van der Waals surface area (Å²) in [5.74, 6) is 0.731. The minimum absolute atomic E-state index is 0.215. The molecule has 0 aliphatic carbocycles. The quantitative estimate of drug-likeness (QED) is 0.746. The molecule has 0 spiro atoms. The van der Waals surface area contributed by atoms with E-state index in [4.69, 9.17) is 10.5 Å². The second-order valence-electron chi connectivity index (χ2n) is 3.08. The largest absolute Gasteiger partial charge is 0.383 e. The van der Waals surface area contributed by atoms with Gasteiger partial charge in [0.25, 0.3) is 0 Å². The van der Waals surface area contributed by atoms with Gasteiger partial charge < -0.3 is 15.5 Å². The molecule has 2 rings (SSSR count). The number of hydrogen-bond acceptors (Lipinski definition) is 4. The molecule has 0 aliphatic rings. The fourth-order valence-electron chi connectivity index (χ4n) is 1.31. The van der Waals surface area contributed by atoms with E-state index in [1.54, 1.807) is 19.5 Å². The van der Waals surface area contributed by atoms with Gasteiger partial charge in [-0.25, -0.2) is 4.98 Å². The van der Waals surface area contributed by atoms with Crippen LogP contribution in [0.3, 0.4) is 0 Å². The third kappa shape index (κ3) is 1.59. The number of rotatable bonds is 3. The SMILES string of the molecule is COCC(N)c1nc2ccncc2[nH]1. The van der Waals surface area contributed by atoms with Gasteiger partial charge in [-0.05, 0) is 6.07 Å². The van der Waals surface area contributed by atoms with Crippen molar-refractivity contribution in [2.24, 2.45) is 5.73 Å². The number of fused-ring (bicyclic) bond motifs is 1. The number of aromatic nitrogens is 3. The van der Waals surface area contributed by atoms with Crippen molar-refractivity contribution in [1.82, 2.24) is 15.0 Å². The number of H-pyrrole nitrogens is 1. The van der Waals surface area contributed by atoms with E-state index >= 15 is 0 Å². The molecule has 0 radical (unpaired) electrons. The van der Waals surface area contributed by atoms with E-state index in [1.807, 2.05) is 6.07 Å². The predicted molar refractivity (Wildman–Crippen MR) is 52.7 cm³/mol. The first-order valence-corrected chi connectivity index (χ1v) is 4.35. The summed E-state index contributed by atoms with van der Waals surface area (Å²) in [7, 11) is 1.62. The highest BCUT2D eigenvalue weighted by molar-refractivity contribution is 5.73. The summed E-state index contributed by atoms with van der Waals surface area (Å²) in [6.07, 6.45) is 3.43. The number of nitrogens with one attached hydrogen (secondary N) is 1. The molecule has 1 unspecified atom stereocenters. The van der Waals surface area contributed by atoms with Gasteiger partial charge in [-0.1, -0.05) is 0 Å². The molecule has 0 bridgehead atoms. The van der Waals surface area contributed by atoms with Crippen LogP contribution in [-0.4, -0.2) is 28.7 Å². The fraction of sp³-hybridized carbons (Fsp3) is 0.333. The van der Waals surface area contributed by atoms with Crippen molar-refractivity contribution in [3.8, 4) is 0 Å². The number of nitrogens with zero attached hydrogens (tertiary/aromatic N) is 2. The second kappa shape index (κ2) is 3.73. The Hall–Kier alpha value is -1.46. The van der Waals surface area contributed by atoms with Gasteiger partial charge >= 0.3 is 0 Å². The van der Waals surface area contributed by atoms with Crippen molar-refractivity contribution in [1.29, 1.82) is 0 Å². The summed E-state index contributed by atoms with van der Waals surface area (Å²) in [4.78, 5) is 11.4. The number of pyridine rings is 1. The van der Waals surface area contributed by atoms with Crippen LogP contribution in [0.2, 0.25) is 0 Å².